The average molecular weight is 368 g/mol. The van der Waals surface area contributed by atoms with Crippen LogP contribution in [-0.2, 0) is 0 Å². The summed E-state index contributed by atoms with van der Waals surface area (Å²) < 4.78 is 10.6. The van der Waals surface area contributed by atoms with Crippen LogP contribution < -0.4 is 14.4 Å². The number of anilines is 1. The first-order valence-electron chi connectivity index (χ1n) is 9.11. The normalized spacial score (nSPS) is 20.9. The van der Waals surface area contributed by atoms with Gasteiger partial charge in [0.1, 0.15) is 23.1 Å². The maximum atomic E-state index is 13.1. The number of fused-ring (bicyclic) bond motifs is 2. The van der Waals surface area contributed by atoms with Gasteiger partial charge in [0, 0.05) is 36.5 Å². The van der Waals surface area contributed by atoms with Gasteiger partial charge >= 0.3 is 0 Å². The van der Waals surface area contributed by atoms with Crippen molar-refractivity contribution in [3.63, 3.8) is 0 Å². The fraction of sp³-hybridized carbons (Fsp3) is 0.450. The van der Waals surface area contributed by atoms with Gasteiger partial charge < -0.3 is 19.3 Å². The first-order valence-corrected chi connectivity index (χ1v) is 9.11. The van der Waals surface area contributed by atoms with Crippen LogP contribution >= 0.6 is 0 Å². The SMILES string of the molecule is COc1cc(OC)cc(C(=O)N2C3CC2CN(c2cc(C)nc(C)n2)C3)c1. The molecule has 4 heterocycles. The van der Waals surface area contributed by atoms with Gasteiger partial charge in [-0.1, -0.05) is 0 Å². The Morgan fingerprint density at radius 1 is 1.00 bits per heavy atom. The van der Waals surface area contributed by atoms with Crippen molar-refractivity contribution in [2.24, 2.45) is 0 Å². The third kappa shape index (κ3) is 3.18. The molecule has 2 bridgehead atoms. The number of ether oxygens (including phenoxy) is 2. The van der Waals surface area contributed by atoms with Crippen molar-refractivity contribution in [1.82, 2.24) is 14.9 Å². The van der Waals surface area contributed by atoms with E-state index in [0.29, 0.717) is 17.1 Å². The predicted octanol–water partition coefficient (Wildman–Crippen LogP) is 2.21. The summed E-state index contributed by atoms with van der Waals surface area (Å²) in [5.41, 5.74) is 1.57. The number of aromatic nitrogens is 2. The van der Waals surface area contributed by atoms with Gasteiger partial charge in [-0.2, -0.15) is 0 Å². The van der Waals surface area contributed by atoms with Crippen molar-refractivity contribution in [2.45, 2.75) is 32.4 Å². The number of amides is 1. The van der Waals surface area contributed by atoms with Crippen LogP contribution in [0.25, 0.3) is 0 Å². The van der Waals surface area contributed by atoms with Gasteiger partial charge in [0.15, 0.2) is 0 Å². The lowest BCUT2D eigenvalue weighted by atomic mass is 9.86. The summed E-state index contributed by atoms with van der Waals surface area (Å²) in [6.07, 6.45) is 1.03. The van der Waals surface area contributed by atoms with E-state index in [1.165, 1.54) is 0 Å². The molecule has 27 heavy (non-hydrogen) atoms. The van der Waals surface area contributed by atoms with E-state index >= 15 is 0 Å². The zero-order valence-corrected chi connectivity index (χ0v) is 16.1. The molecule has 2 atom stereocenters. The molecule has 0 spiro atoms. The van der Waals surface area contributed by atoms with Crippen LogP contribution in [0.5, 0.6) is 11.5 Å². The number of aryl methyl sites for hydroxylation is 2. The Bertz CT molecular complexity index is 831. The molecule has 7 heteroatoms. The first-order chi connectivity index (χ1) is 13.0. The first kappa shape index (κ1) is 17.6. The van der Waals surface area contributed by atoms with Crippen molar-refractivity contribution in [3.05, 3.63) is 41.3 Å². The van der Waals surface area contributed by atoms with E-state index in [2.05, 4.69) is 14.9 Å². The summed E-state index contributed by atoms with van der Waals surface area (Å²) in [5.74, 6) is 3.00. The van der Waals surface area contributed by atoms with Gasteiger partial charge in [-0.05, 0) is 32.4 Å². The number of hydrogen-bond donors (Lipinski definition) is 0. The summed E-state index contributed by atoms with van der Waals surface area (Å²) in [6, 6.07) is 7.72. The van der Waals surface area contributed by atoms with Gasteiger partial charge in [-0.3, -0.25) is 4.79 Å². The highest BCUT2D eigenvalue weighted by Crippen LogP contribution is 2.36. The summed E-state index contributed by atoms with van der Waals surface area (Å²) in [5, 5.41) is 0. The molecule has 142 valence electrons. The van der Waals surface area contributed by atoms with Crippen molar-refractivity contribution in [2.75, 3.05) is 32.2 Å². The number of carbonyl (C=O) groups excluding carboxylic acids is 1. The number of benzene rings is 1. The Kier molecular flexibility index (Phi) is 4.37. The lowest BCUT2D eigenvalue weighted by molar-refractivity contribution is 0.00569. The number of hydrogen-bond acceptors (Lipinski definition) is 6. The van der Waals surface area contributed by atoms with Crippen LogP contribution in [0.1, 0.15) is 28.3 Å². The number of methoxy groups -OCH3 is 2. The molecule has 0 N–H and O–H groups in total. The second kappa shape index (κ2) is 6.72. The monoisotopic (exact) mass is 368 g/mol. The lowest BCUT2D eigenvalue weighted by Gasteiger charge is -2.56. The molecule has 3 fully saturated rings. The molecular formula is C20H24N4O3. The van der Waals surface area contributed by atoms with Crippen molar-refractivity contribution < 1.29 is 14.3 Å². The molecule has 0 aliphatic carbocycles. The topological polar surface area (TPSA) is 67.8 Å². The molecule has 3 aliphatic heterocycles. The molecule has 1 aromatic carbocycles. The summed E-state index contributed by atoms with van der Waals surface area (Å²) in [7, 11) is 3.18. The molecule has 3 aliphatic rings. The van der Waals surface area contributed by atoms with E-state index in [0.717, 1.165) is 36.8 Å². The largest absolute Gasteiger partial charge is 0.497 e. The van der Waals surface area contributed by atoms with Gasteiger partial charge in [0.05, 0.1) is 26.3 Å². The number of rotatable bonds is 4. The maximum absolute atomic E-state index is 13.1. The predicted molar refractivity (Wildman–Crippen MR) is 102 cm³/mol. The molecule has 0 saturated carbocycles. The van der Waals surface area contributed by atoms with E-state index < -0.39 is 0 Å². The fourth-order valence-electron chi connectivity index (χ4n) is 4.07. The van der Waals surface area contributed by atoms with E-state index in [-0.39, 0.29) is 18.0 Å². The van der Waals surface area contributed by atoms with Crippen LogP contribution in [0, 0.1) is 13.8 Å². The molecule has 3 saturated heterocycles. The van der Waals surface area contributed by atoms with Gasteiger partial charge in [-0.15, -0.1) is 0 Å². The van der Waals surface area contributed by atoms with E-state index in [9.17, 15) is 4.79 Å². The van der Waals surface area contributed by atoms with E-state index in [4.69, 9.17) is 9.47 Å². The summed E-state index contributed by atoms with van der Waals surface area (Å²) in [6.45, 7) is 5.47. The zero-order valence-electron chi connectivity index (χ0n) is 16.1. The number of piperidine rings is 1. The molecule has 2 aromatic rings. The quantitative estimate of drug-likeness (QED) is 0.824. The zero-order chi connectivity index (χ0) is 19.1. The number of carbonyl (C=O) groups is 1. The average Bonchev–Trinajstić information content (AvgIpc) is 2.66. The third-order valence-electron chi connectivity index (χ3n) is 5.30. The Morgan fingerprint density at radius 3 is 2.19 bits per heavy atom. The highest BCUT2D eigenvalue weighted by atomic mass is 16.5. The van der Waals surface area contributed by atoms with E-state index in [1.54, 1.807) is 32.4 Å². The van der Waals surface area contributed by atoms with Crippen molar-refractivity contribution >= 4 is 11.7 Å². The molecule has 7 nitrogen and oxygen atoms in total. The standard InChI is InChI=1S/C20H24N4O3/c1-12-5-19(22-13(2)21-12)23-10-15-8-16(11-23)24(15)20(25)14-6-17(26-3)9-18(7-14)27-4/h5-7,9,15-16H,8,10-11H2,1-4H3. The molecule has 1 aromatic heterocycles. The minimum Gasteiger partial charge on any atom is -0.497 e. The minimum atomic E-state index is 0.0307. The molecule has 1 amide bonds. The molecule has 5 rings (SSSR count). The van der Waals surface area contributed by atoms with E-state index in [1.807, 2.05) is 24.8 Å². The highest BCUT2D eigenvalue weighted by Gasteiger charge is 2.47. The Morgan fingerprint density at radius 2 is 1.63 bits per heavy atom. The van der Waals surface area contributed by atoms with Crippen LogP contribution in [0.2, 0.25) is 0 Å². The summed E-state index contributed by atoms with van der Waals surface area (Å²) >= 11 is 0. The van der Waals surface area contributed by atoms with Gasteiger partial charge in [-0.25, -0.2) is 9.97 Å². The van der Waals surface area contributed by atoms with Crippen LogP contribution in [0.15, 0.2) is 24.3 Å². The van der Waals surface area contributed by atoms with Crippen LogP contribution in [0.3, 0.4) is 0 Å². The highest BCUT2D eigenvalue weighted by molar-refractivity contribution is 5.96. The second-order valence-electron chi connectivity index (χ2n) is 7.18. The van der Waals surface area contributed by atoms with Gasteiger partial charge in [0.2, 0.25) is 0 Å². The van der Waals surface area contributed by atoms with Crippen LogP contribution in [-0.4, -0.2) is 60.2 Å². The number of nitrogens with zero attached hydrogens (tertiary/aromatic N) is 4. The maximum Gasteiger partial charge on any atom is 0.254 e. The Balaban J connectivity index is 1.52. The van der Waals surface area contributed by atoms with Crippen LogP contribution in [0.4, 0.5) is 5.82 Å². The minimum absolute atomic E-state index is 0.0307. The Labute approximate surface area is 158 Å². The fourth-order valence-corrected chi connectivity index (χ4v) is 4.07. The Hall–Kier alpha value is -2.83. The number of piperazine rings is 1. The molecule has 0 radical (unpaired) electrons. The smallest absolute Gasteiger partial charge is 0.254 e. The van der Waals surface area contributed by atoms with Gasteiger partial charge in [0.25, 0.3) is 5.91 Å². The van der Waals surface area contributed by atoms with Crippen molar-refractivity contribution in [1.29, 1.82) is 0 Å². The third-order valence-corrected chi connectivity index (χ3v) is 5.30. The lowest BCUT2D eigenvalue weighted by Crippen LogP contribution is -2.70. The molecule has 2 unspecified atom stereocenters. The molecular weight excluding hydrogens is 344 g/mol. The second-order valence-corrected chi connectivity index (χ2v) is 7.18. The summed E-state index contributed by atoms with van der Waals surface area (Å²) in [4.78, 5) is 26.3. The van der Waals surface area contributed by atoms with Crippen molar-refractivity contribution in [3.8, 4) is 11.5 Å².